The van der Waals surface area contributed by atoms with Crippen molar-refractivity contribution in [3.63, 3.8) is 0 Å². The molecule has 0 aromatic heterocycles. The first-order valence-electron chi connectivity index (χ1n) is 10.7. The van der Waals surface area contributed by atoms with Gasteiger partial charge in [-0.1, -0.05) is 72.8 Å². The molecule has 0 bridgehead atoms. The predicted molar refractivity (Wildman–Crippen MR) is 132 cm³/mol. The maximum absolute atomic E-state index is 9.81. The van der Waals surface area contributed by atoms with E-state index in [1.165, 1.54) is 70.2 Å². The third kappa shape index (κ3) is 1.79. The summed E-state index contributed by atoms with van der Waals surface area (Å²) in [4.78, 5) is 0. The molecular formula is C30H16O. The van der Waals surface area contributed by atoms with Crippen molar-refractivity contribution in [2.24, 2.45) is 0 Å². The number of aromatic hydroxyl groups is 1. The third-order valence-corrected chi connectivity index (χ3v) is 7.18. The second-order valence-corrected chi connectivity index (χ2v) is 8.71. The highest BCUT2D eigenvalue weighted by atomic mass is 16.3. The van der Waals surface area contributed by atoms with Crippen molar-refractivity contribution in [2.75, 3.05) is 0 Å². The fourth-order valence-corrected chi connectivity index (χ4v) is 5.87. The maximum Gasteiger partial charge on any atom is 0.115 e. The average molecular weight is 392 g/mol. The zero-order chi connectivity index (χ0) is 20.3. The molecule has 1 heteroatoms. The zero-order valence-corrected chi connectivity index (χ0v) is 16.6. The molecule has 8 rings (SSSR count). The van der Waals surface area contributed by atoms with Crippen LogP contribution in [0.2, 0.25) is 0 Å². The van der Waals surface area contributed by atoms with Crippen LogP contribution in [0.1, 0.15) is 0 Å². The van der Waals surface area contributed by atoms with E-state index in [4.69, 9.17) is 0 Å². The summed E-state index contributed by atoms with van der Waals surface area (Å²) in [5.74, 6) is 0.296. The summed E-state index contributed by atoms with van der Waals surface area (Å²) in [6, 6.07) is 32.5. The van der Waals surface area contributed by atoms with Gasteiger partial charge in [-0.25, -0.2) is 0 Å². The van der Waals surface area contributed by atoms with E-state index < -0.39 is 0 Å². The summed E-state index contributed by atoms with van der Waals surface area (Å²) in [6.07, 6.45) is 0. The van der Waals surface area contributed by atoms with E-state index in [1.807, 2.05) is 12.1 Å². The molecule has 142 valence electrons. The van der Waals surface area contributed by atoms with Crippen LogP contribution in [0.25, 0.3) is 75.8 Å². The summed E-state index contributed by atoms with van der Waals surface area (Å²) in [5.41, 5.74) is 2.34. The van der Waals surface area contributed by atoms with E-state index in [-0.39, 0.29) is 0 Å². The van der Waals surface area contributed by atoms with E-state index in [9.17, 15) is 5.11 Å². The minimum absolute atomic E-state index is 0.296. The summed E-state index contributed by atoms with van der Waals surface area (Å²) in [6.45, 7) is 0. The Balaban J connectivity index is 1.75. The fraction of sp³-hybridized carbons (Fsp3) is 0. The van der Waals surface area contributed by atoms with Gasteiger partial charge in [0.2, 0.25) is 0 Å². The summed E-state index contributed by atoms with van der Waals surface area (Å²) in [7, 11) is 0. The highest BCUT2D eigenvalue weighted by Crippen LogP contribution is 2.50. The van der Waals surface area contributed by atoms with Crippen molar-refractivity contribution < 1.29 is 5.11 Å². The van der Waals surface area contributed by atoms with Crippen molar-refractivity contribution >= 4 is 64.6 Å². The van der Waals surface area contributed by atoms with E-state index in [0.29, 0.717) is 5.75 Å². The van der Waals surface area contributed by atoms with Gasteiger partial charge in [-0.2, -0.15) is 0 Å². The minimum Gasteiger partial charge on any atom is -0.508 e. The normalized spacial score (nSPS) is 12.6. The van der Waals surface area contributed by atoms with Gasteiger partial charge < -0.3 is 5.11 Å². The van der Waals surface area contributed by atoms with Crippen LogP contribution in [0.15, 0.2) is 91.0 Å². The maximum atomic E-state index is 9.81. The number of phenolic OH excluding ortho intramolecular Hbond substituents is 1. The Morgan fingerprint density at radius 3 is 1.35 bits per heavy atom. The van der Waals surface area contributed by atoms with Gasteiger partial charge in [0.1, 0.15) is 5.75 Å². The molecule has 0 aliphatic rings. The molecule has 0 fully saturated rings. The van der Waals surface area contributed by atoms with E-state index >= 15 is 0 Å². The molecule has 1 nitrogen and oxygen atoms in total. The van der Waals surface area contributed by atoms with Crippen molar-refractivity contribution in [3.05, 3.63) is 91.0 Å². The molecule has 0 saturated carbocycles. The van der Waals surface area contributed by atoms with Crippen LogP contribution >= 0.6 is 0 Å². The van der Waals surface area contributed by atoms with E-state index in [1.54, 1.807) is 12.1 Å². The Hall–Kier alpha value is -4.10. The highest BCUT2D eigenvalue weighted by Gasteiger charge is 2.21. The van der Waals surface area contributed by atoms with Crippen LogP contribution in [-0.2, 0) is 0 Å². The largest absolute Gasteiger partial charge is 0.508 e. The third-order valence-electron chi connectivity index (χ3n) is 7.18. The van der Waals surface area contributed by atoms with Crippen LogP contribution in [0, 0.1) is 0 Å². The second-order valence-electron chi connectivity index (χ2n) is 8.71. The van der Waals surface area contributed by atoms with Crippen molar-refractivity contribution in [3.8, 4) is 16.9 Å². The molecule has 0 saturated heterocycles. The molecule has 1 N–H and O–H groups in total. The first-order valence-corrected chi connectivity index (χ1v) is 10.7. The van der Waals surface area contributed by atoms with Gasteiger partial charge in [0.25, 0.3) is 0 Å². The molecule has 0 aliphatic heterocycles. The van der Waals surface area contributed by atoms with Gasteiger partial charge in [0.15, 0.2) is 0 Å². The molecule has 8 aromatic rings. The van der Waals surface area contributed by atoms with Crippen LogP contribution in [0.3, 0.4) is 0 Å². The molecule has 0 unspecified atom stereocenters. The van der Waals surface area contributed by atoms with Crippen molar-refractivity contribution in [1.82, 2.24) is 0 Å². The molecule has 8 aromatic carbocycles. The average Bonchev–Trinajstić information content (AvgIpc) is 2.82. The lowest BCUT2D eigenvalue weighted by Crippen LogP contribution is -1.93. The Morgan fingerprint density at radius 2 is 0.806 bits per heavy atom. The predicted octanol–water partition coefficient (Wildman–Crippen LogP) is 8.29. The Bertz CT molecular complexity index is 1870. The van der Waals surface area contributed by atoms with Gasteiger partial charge in [0, 0.05) is 0 Å². The number of phenols is 1. The number of benzene rings is 8. The fourth-order valence-electron chi connectivity index (χ4n) is 5.87. The molecule has 0 amide bonds. The highest BCUT2D eigenvalue weighted by molar-refractivity contribution is 6.45. The number of rotatable bonds is 1. The molecule has 0 radical (unpaired) electrons. The molecule has 31 heavy (non-hydrogen) atoms. The van der Waals surface area contributed by atoms with Gasteiger partial charge in [-0.3, -0.25) is 0 Å². The van der Waals surface area contributed by atoms with Crippen molar-refractivity contribution in [2.45, 2.75) is 0 Å². The minimum atomic E-state index is 0.296. The molecule has 0 spiro atoms. The Morgan fingerprint density at radius 1 is 0.387 bits per heavy atom. The van der Waals surface area contributed by atoms with E-state index in [2.05, 4.69) is 66.7 Å². The lowest BCUT2D eigenvalue weighted by atomic mass is 9.81. The topological polar surface area (TPSA) is 20.2 Å². The number of hydrogen-bond donors (Lipinski definition) is 1. The summed E-state index contributed by atoms with van der Waals surface area (Å²) < 4.78 is 0. The molecule has 0 heterocycles. The lowest BCUT2D eigenvalue weighted by molar-refractivity contribution is 0.475. The summed E-state index contributed by atoms with van der Waals surface area (Å²) >= 11 is 0. The zero-order valence-electron chi connectivity index (χ0n) is 16.6. The van der Waals surface area contributed by atoms with Crippen LogP contribution in [0.4, 0.5) is 0 Å². The van der Waals surface area contributed by atoms with Gasteiger partial charge in [-0.15, -0.1) is 0 Å². The smallest absolute Gasteiger partial charge is 0.115 e. The molecular weight excluding hydrogens is 376 g/mol. The van der Waals surface area contributed by atoms with E-state index in [0.717, 1.165) is 5.56 Å². The van der Waals surface area contributed by atoms with Gasteiger partial charge in [-0.05, 0) is 94.0 Å². The first-order chi connectivity index (χ1) is 15.3. The lowest BCUT2D eigenvalue weighted by Gasteiger charge is -2.22. The van der Waals surface area contributed by atoms with Crippen LogP contribution in [0.5, 0.6) is 5.75 Å². The Kier molecular flexibility index (Phi) is 2.60. The van der Waals surface area contributed by atoms with Crippen LogP contribution < -0.4 is 0 Å². The van der Waals surface area contributed by atoms with Crippen molar-refractivity contribution in [1.29, 1.82) is 0 Å². The first kappa shape index (κ1) is 15.7. The SMILES string of the molecule is Oc1ccc(-c2cc3ccc4ccc5ccc6ccc7ccc2c2c7c6c5c4c32)cc1. The van der Waals surface area contributed by atoms with Gasteiger partial charge >= 0.3 is 0 Å². The number of hydrogen-bond acceptors (Lipinski definition) is 1. The molecule has 0 aliphatic carbocycles. The van der Waals surface area contributed by atoms with Gasteiger partial charge in [0.05, 0.1) is 0 Å². The van der Waals surface area contributed by atoms with Crippen LogP contribution in [-0.4, -0.2) is 5.11 Å². The molecule has 0 atom stereocenters. The monoisotopic (exact) mass is 392 g/mol. The summed E-state index contributed by atoms with van der Waals surface area (Å²) in [5, 5.41) is 25.8. The second kappa shape index (κ2) is 5.14. The Labute approximate surface area is 177 Å². The quantitative estimate of drug-likeness (QED) is 0.220. The standard InChI is InChI=1S/C30H16O/c31-22-12-9-16(10-13-22)24-15-21-8-7-19-4-2-17-1-3-18-5-6-20-11-14-23(24)30-28(20)26(18)25(17)27(19)29(21)30/h1-15,31H.